The van der Waals surface area contributed by atoms with E-state index in [1.54, 1.807) is 0 Å². The Morgan fingerprint density at radius 3 is 2.17 bits per heavy atom. The molecular formula is C13H23F3N2. The van der Waals surface area contributed by atoms with Gasteiger partial charge in [-0.3, -0.25) is 0 Å². The fraction of sp³-hybridized carbons (Fsp3) is 1.00. The molecule has 1 aliphatic heterocycles. The number of nitrogens with two attached hydrogens (primary N) is 1. The molecule has 2 N–H and O–H groups in total. The first kappa shape index (κ1) is 14.1. The van der Waals surface area contributed by atoms with Crippen molar-refractivity contribution >= 4 is 0 Å². The number of alkyl halides is 3. The minimum absolute atomic E-state index is 0.249. The minimum Gasteiger partial charge on any atom is -0.327 e. The molecule has 0 aromatic carbocycles. The van der Waals surface area contributed by atoms with Crippen LogP contribution < -0.4 is 5.73 Å². The highest BCUT2D eigenvalue weighted by Crippen LogP contribution is 2.34. The van der Waals surface area contributed by atoms with E-state index in [2.05, 4.69) is 4.90 Å². The number of likely N-dealkylation sites (tertiary alicyclic amines) is 1. The molecule has 2 rings (SSSR count). The highest BCUT2D eigenvalue weighted by Gasteiger charge is 2.41. The molecule has 2 nitrogen and oxygen atoms in total. The van der Waals surface area contributed by atoms with Crippen molar-refractivity contribution in [3.8, 4) is 0 Å². The predicted octanol–water partition coefficient (Wildman–Crippen LogP) is 2.78. The molecule has 1 saturated heterocycles. The second-order valence-corrected chi connectivity index (χ2v) is 5.82. The molecule has 2 aliphatic rings. The predicted molar refractivity (Wildman–Crippen MR) is 65.2 cm³/mol. The molecule has 1 heterocycles. The van der Waals surface area contributed by atoms with Crippen LogP contribution in [0.2, 0.25) is 0 Å². The van der Waals surface area contributed by atoms with Crippen molar-refractivity contribution in [1.29, 1.82) is 0 Å². The van der Waals surface area contributed by atoms with Gasteiger partial charge in [0.1, 0.15) is 0 Å². The Morgan fingerprint density at radius 2 is 1.61 bits per heavy atom. The van der Waals surface area contributed by atoms with Crippen molar-refractivity contribution in [3.05, 3.63) is 0 Å². The normalized spacial score (nSPS) is 32.7. The average Bonchev–Trinajstić information content (AvgIpc) is 2.32. The van der Waals surface area contributed by atoms with E-state index in [-0.39, 0.29) is 18.9 Å². The number of hydrogen-bond acceptors (Lipinski definition) is 2. The topological polar surface area (TPSA) is 29.3 Å². The van der Waals surface area contributed by atoms with E-state index in [4.69, 9.17) is 5.73 Å². The maximum atomic E-state index is 12.6. The highest BCUT2D eigenvalue weighted by atomic mass is 19.4. The molecule has 106 valence electrons. The lowest BCUT2D eigenvalue weighted by atomic mass is 9.84. The van der Waals surface area contributed by atoms with Gasteiger partial charge in [0.2, 0.25) is 0 Å². The number of piperidine rings is 1. The maximum absolute atomic E-state index is 12.6. The van der Waals surface area contributed by atoms with Crippen molar-refractivity contribution < 1.29 is 13.2 Å². The molecule has 0 bridgehead atoms. The molecule has 5 heteroatoms. The lowest BCUT2D eigenvalue weighted by Gasteiger charge is -2.37. The van der Waals surface area contributed by atoms with Gasteiger partial charge >= 0.3 is 6.18 Å². The summed E-state index contributed by atoms with van der Waals surface area (Å²) in [7, 11) is 0. The Kier molecular flexibility index (Phi) is 4.54. The van der Waals surface area contributed by atoms with Crippen LogP contribution in [0.15, 0.2) is 0 Å². The first-order valence-electron chi connectivity index (χ1n) is 7.01. The van der Waals surface area contributed by atoms with Crippen LogP contribution in [0.3, 0.4) is 0 Å². The summed E-state index contributed by atoms with van der Waals surface area (Å²) in [6, 6.07) is 0.249. The molecule has 0 aromatic rings. The standard InChI is InChI=1S/C13H23F3N2/c14-13(15,16)11-5-7-18(8-6-11)9-10-3-1-2-4-12(10)17/h10-12H,1-9,17H2. The molecule has 0 spiro atoms. The van der Waals surface area contributed by atoms with Gasteiger partial charge in [0.05, 0.1) is 5.92 Å². The summed E-state index contributed by atoms with van der Waals surface area (Å²) in [5.74, 6) is -0.602. The van der Waals surface area contributed by atoms with Gasteiger partial charge in [0.25, 0.3) is 0 Å². The number of nitrogens with zero attached hydrogens (tertiary/aromatic N) is 1. The van der Waals surface area contributed by atoms with Crippen molar-refractivity contribution in [1.82, 2.24) is 4.90 Å². The third-order valence-corrected chi connectivity index (χ3v) is 4.51. The molecule has 2 atom stereocenters. The Hall–Kier alpha value is -0.290. The van der Waals surface area contributed by atoms with Crippen molar-refractivity contribution in [2.24, 2.45) is 17.6 Å². The zero-order valence-corrected chi connectivity index (χ0v) is 10.8. The fourth-order valence-corrected chi connectivity index (χ4v) is 3.24. The second kappa shape index (κ2) is 5.78. The summed E-state index contributed by atoms with van der Waals surface area (Å²) in [4.78, 5) is 2.18. The molecule has 1 aliphatic carbocycles. The van der Waals surface area contributed by atoms with Gasteiger partial charge < -0.3 is 10.6 Å². The number of halogens is 3. The van der Waals surface area contributed by atoms with Gasteiger partial charge in [-0.1, -0.05) is 12.8 Å². The van der Waals surface area contributed by atoms with Gasteiger partial charge in [-0.05, 0) is 44.7 Å². The molecular weight excluding hydrogens is 241 g/mol. The van der Waals surface area contributed by atoms with Crippen molar-refractivity contribution in [2.75, 3.05) is 19.6 Å². The van der Waals surface area contributed by atoms with Gasteiger partial charge in [0, 0.05) is 12.6 Å². The number of hydrogen-bond donors (Lipinski definition) is 1. The zero-order valence-electron chi connectivity index (χ0n) is 10.8. The monoisotopic (exact) mass is 264 g/mol. The zero-order chi connectivity index (χ0) is 13.2. The molecule has 2 fully saturated rings. The van der Waals surface area contributed by atoms with Crippen LogP contribution >= 0.6 is 0 Å². The van der Waals surface area contributed by atoms with Crippen LogP contribution in [-0.2, 0) is 0 Å². The largest absolute Gasteiger partial charge is 0.391 e. The van der Waals surface area contributed by atoms with E-state index in [1.807, 2.05) is 0 Å². The third-order valence-electron chi connectivity index (χ3n) is 4.51. The van der Waals surface area contributed by atoms with E-state index in [1.165, 1.54) is 12.8 Å². The first-order valence-corrected chi connectivity index (χ1v) is 7.01. The molecule has 18 heavy (non-hydrogen) atoms. The molecule has 1 saturated carbocycles. The van der Waals surface area contributed by atoms with E-state index >= 15 is 0 Å². The second-order valence-electron chi connectivity index (χ2n) is 5.82. The van der Waals surface area contributed by atoms with Crippen LogP contribution in [0, 0.1) is 11.8 Å². The lowest BCUT2D eigenvalue weighted by Crippen LogP contribution is -2.45. The average molecular weight is 264 g/mol. The van der Waals surface area contributed by atoms with E-state index in [9.17, 15) is 13.2 Å². The summed E-state index contributed by atoms with van der Waals surface area (Å²) >= 11 is 0. The summed E-state index contributed by atoms with van der Waals surface area (Å²) in [5.41, 5.74) is 6.09. The first-order chi connectivity index (χ1) is 8.47. The van der Waals surface area contributed by atoms with Gasteiger partial charge in [-0.25, -0.2) is 0 Å². The molecule has 0 radical (unpaired) electrons. The smallest absolute Gasteiger partial charge is 0.327 e. The molecule has 2 unspecified atom stereocenters. The highest BCUT2D eigenvalue weighted by molar-refractivity contribution is 4.83. The minimum atomic E-state index is -4.01. The van der Waals surface area contributed by atoms with Crippen LogP contribution in [-0.4, -0.2) is 36.8 Å². The van der Waals surface area contributed by atoms with Gasteiger partial charge in [-0.2, -0.15) is 13.2 Å². The van der Waals surface area contributed by atoms with E-state index in [0.717, 1.165) is 19.4 Å². The van der Waals surface area contributed by atoms with E-state index < -0.39 is 12.1 Å². The van der Waals surface area contributed by atoms with Crippen LogP contribution in [0.4, 0.5) is 13.2 Å². The van der Waals surface area contributed by atoms with Crippen LogP contribution in [0.5, 0.6) is 0 Å². The SMILES string of the molecule is NC1CCCCC1CN1CCC(C(F)(F)F)CC1. The quantitative estimate of drug-likeness (QED) is 0.831. The third kappa shape index (κ3) is 3.60. The van der Waals surface area contributed by atoms with Crippen molar-refractivity contribution in [3.63, 3.8) is 0 Å². The van der Waals surface area contributed by atoms with E-state index in [0.29, 0.717) is 19.0 Å². The Balaban J connectivity index is 1.76. The summed E-state index contributed by atoms with van der Waals surface area (Å²) < 4.78 is 37.7. The van der Waals surface area contributed by atoms with Gasteiger partial charge in [-0.15, -0.1) is 0 Å². The van der Waals surface area contributed by atoms with Crippen LogP contribution in [0.1, 0.15) is 38.5 Å². The Morgan fingerprint density at radius 1 is 1.00 bits per heavy atom. The number of rotatable bonds is 2. The molecule has 0 amide bonds. The fourth-order valence-electron chi connectivity index (χ4n) is 3.24. The summed E-state index contributed by atoms with van der Waals surface area (Å²) in [6.45, 7) is 2.05. The summed E-state index contributed by atoms with van der Waals surface area (Å²) in [6.07, 6.45) is 1.14. The van der Waals surface area contributed by atoms with Crippen LogP contribution in [0.25, 0.3) is 0 Å². The summed E-state index contributed by atoms with van der Waals surface area (Å²) in [5, 5.41) is 0. The Bertz CT molecular complexity index is 259. The molecule has 0 aromatic heterocycles. The Labute approximate surface area is 107 Å². The van der Waals surface area contributed by atoms with Gasteiger partial charge in [0.15, 0.2) is 0 Å². The maximum Gasteiger partial charge on any atom is 0.391 e. The lowest BCUT2D eigenvalue weighted by molar-refractivity contribution is -0.185. The van der Waals surface area contributed by atoms with Crippen molar-refractivity contribution in [2.45, 2.75) is 50.7 Å².